The van der Waals surface area contributed by atoms with E-state index in [4.69, 9.17) is 17.2 Å². The Morgan fingerprint density at radius 2 is 1.00 bits per heavy atom. The number of carbonyl (C=O) groups excluding carboxylic acids is 12. The first-order valence-electron chi connectivity index (χ1n) is 37.7. The average molecular weight is 1530 g/mol. The number of aromatic nitrogens is 4. The number of rotatable bonds is 22. The lowest BCUT2D eigenvalue weighted by Crippen LogP contribution is -2.64. The molecule has 17 N–H and O–H groups in total. The summed E-state index contributed by atoms with van der Waals surface area (Å²) in [5, 5.41) is 24.4. The summed E-state index contributed by atoms with van der Waals surface area (Å²) in [6.45, 7) is 5.17. The molecule has 3 aromatic heterocycles. The molecular weight excluding hydrogens is 1430 g/mol. The molecule has 2 bridgehead atoms. The quantitative estimate of drug-likeness (QED) is 0.0321. The van der Waals surface area contributed by atoms with Gasteiger partial charge in [0.15, 0.2) is 5.78 Å². The van der Waals surface area contributed by atoms with Gasteiger partial charge in [0.25, 0.3) is 0 Å². The minimum Gasteiger partial charge on any atom is -0.361 e. The van der Waals surface area contributed by atoms with Crippen molar-refractivity contribution in [1.82, 2.24) is 62.5 Å². The Hall–Kier alpha value is -9.62. The molecule has 3 aliphatic heterocycles. The van der Waals surface area contributed by atoms with Crippen molar-refractivity contribution in [3.63, 3.8) is 0 Å². The number of nitrogens with two attached hydrogens (primary N) is 3. The Morgan fingerprint density at radius 3 is 1.61 bits per heavy atom. The number of ketones is 4. The van der Waals surface area contributed by atoms with E-state index >= 15 is 43.2 Å². The molecule has 109 heavy (non-hydrogen) atoms. The van der Waals surface area contributed by atoms with Gasteiger partial charge in [-0.1, -0.05) is 108 Å². The van der Waals surface area contributed by atoms with Crippen LogP contribution in [0.1, 0.15) is 139 Å². The summed E-state index contributed by atoms with van der Waals surface area (Å²) in [5.74, 6) is -13.1. The van der Waals surface area contributed by atoms with Gasteiger partial charge in [-0.2, -0.15) is 0 Å². The van der Waals surface area contributed by atoms with Crippen LogP contribution >= 0.6 is 21.6 Å². The van der Waals surface area contributed by atoms with Gasteiger partial charge in [0.05, 0.1) is 12.4 Å². The fourth-order valence-electron chi connectivity index (χ4n) is 13.8. The van der Waals surface area contributed by atoms with Gasteiger partial charge in [-0.25, -0.2) is 4.98 Å². The molecule has 2 fully saturated rings. The number of amides is 8. The molecule has 8 amide bonds. The molecular formula is C79H104N16O12S2. The molecule has 28 nitrogen and oxygen atoms in total. The zero-order chi connectivity index (χ0) is 78.0. The molecule has 0 spiro atoms. The minimum absolute atomic E-state index is 0.00337. The molecule has 6 heterocycles. The van der Waals surface area contributed by atoms with Gasteiger partial charge in [-0.05, 0) is 120 Å². The summed E-state index contributed by atoms with van der Waals surface area (Å²) in [7, 11) is 2.15. The number of para-hydroxylation sites is 2. The lowest BCUT2D eigenvalue weighted by molar-refractivity contribution is -0.137. The summed E-state index contributed by atoms with van der Waals surface area (Å²) >= 11 is 0. The lowest BCUT2D eigenvalue weighted by Gasteiger charge is -2.31. The fraction of sp³-hybridized carbons (Fsp3) is 0.494. The number of nitrogens with zero attached hydrogens (tertiary/aromatic N) is 2. The molecule has 30 heteroatoms. The van der Waals surface area contributed by atoms with Crippen LogP contribution in [0.5, 0.6) is 0 Å². The highest BCUT2D eigenvalue weighted by atomic mass is 33.1. The highest BCUT2D eigenvalue weighted by Gasteiger charge is 2.41. The van der Waals surface area contributed by atoms with Crippen LogP contribution in [0, 0.1) is 23.7 Å². The molecule has 2 saturated heterocycles. The molecule has 6 aromatic rings. The second-order valence-electron chi connectivity index (χ2n) is 29.1. The van der Waals surface area contributed by atoms with Crippen LogP contribution in [-0.2, 0) is 83.2 Å². The van der Waals surface area contributed by atoms with Crippen LogP contribution in [0.2, 0.25) is 0 Å². The first kappa shape index (κ1) is 83.4. The maximum atomic E-state index is 15.7. The van der Waals surface area contributed by atoms with E-state index in [2.05, 4.69) is 67.5 Å². The zero-order valence-corrected chi connectivity index (χ0v) is 63.8. The zero-order valence-electron chi connectivity index (χ0n) is 62.1. The second-order valence-corrected chi connectivity index (χ2v) is 31.7. The highest BCUT2D eigenvalue weighted by molar-refractivity contribution is 8.76. The molecule has 0 unspecified atom stereocenters. The third-order valence-electron chi connectivity index (χ3n) is 20.3. The number of Topliss-reactive ketones (excluding diaryl/α,β-unsaturated/α-hetero) is 4. The standard InChI is InChI=1S/C79H104N16O12S2/c1-47-32-68(97)53-38-69(98)50(34-51-41-85-58-24-9-7-22-56(51)58)37-70(99)62(39-54-21-17-31-84-54)90-74(103)63(33-48-18-5-4-6-19-48)91-76(105)65(40-55-43-83-46-87-55)94-78(107)79(2,3)95-77(106)66(45-109-108-44-53)93-75(104)64(35-52-42-86-59-25-10-8-23-57(52)59)92-73(102)61(27-13-16-30-82)89-72(101)60(26-12-15-29-81)88-71(100)49(36-67(47)96)20-11-14-28-80/h4-10,18-19,21-25,31,41-43,46-47,49-50,53,60-66,85-86H,11-17,20,26-30,32-40,44-45,80-82H2,1-3H3,(H,83,87)(H,88,100)(H,89,101)(H,90,103)(H,91,105)(H,92,102)(H,93,104)(H,94,107)(H,95,106)/t47-,49-,50-,53+,60+,61+,62+,63-,64+,65+,66+/m1/s1. The lowest BCUT2D eigenvalue weighted by atomic mass is 9.82. The van der Waals surface area contributed by atoms with Crippen LogP contribution in [0.4, 0.5) is 0 Å². The number of H-pyrrole nitrogens is 3. The predicted octanol–water partition coefficient (Wildman–Crippen LogP) is 4.80. The highest BCUT2D eigenvalue weighted by Crippen LogP contribution is 2.33. The number of carbonyl (C=O) groups is 12. The molecule has 3 aliphatic rings. The summed E-state index contributed by atoms with van der Waals surface area (Å²) < 4.78 is 0. The van der Waals surface area contributed by atoms with Crippen LogP contribution < -0.4 is 59.7 Å². The van der Waals surface area contributed by atoms with Crippen LogP contribution in [-0.4, -0.2) is 176 Å². The largest absolute Gasteiger partial charge is 0.361 e. The van der Waals surface area contributed by atoms with E-state index in [0.717, 1.165) is 32.5 Å². The van der Waals surface area contributed by atoms with Crippen molar-refractivity contribution in [1.29, 1.82) is 0 Å². The number of hydrogen-bond acceptors (Lipinski definition) is 19. The number of imidazole rings is 1. The third kappa shape index (κ3) is 24.4. The van der Waals surface area contributed by atoms with Crippen molar-refractivity contribution in [2.24, 2.45) is 45.9 Å². The first-order valence-corrected chi connectivity index (χ1v) is 40.2. The van der Waals surface area contributed by atoms with E-state index in [0.29, 0.717) is 90.5 Å². The Labute approximate surface area is 642 Å². The Bertz CT molecular complexity index is 4220. The van der Waals surface area contributed by atoms with Crippen LogP contribution in [0.25, 0.3) is 21.8 Å². The summed E-state index contributed by atoms with van der Waals surface area (Å²) in [6.07, 6.45) is 11.0. The van der Waals surface area contributed by atoms with Crippen molar-refractivity contribution in [3.05, 3.63) is 138 Å². The van der Waals surface area contributed by atoms with Crippen molar-refractivity contribution >= 4 is 120 Å². The summed E-state index contributed by atoms with van der Waals surface area (Å²) in [6, 6.07) is 13.8. The number of aromatic amines is 3. The SMILES string of the molecule is C[C@@H]1CC(=O)[C@@H]2CSSC[C@H](NC(=O)[C@H](Cc3c[nH]c4ccccc34)NC(=O)[C@H](CCCCN)NC(=O)[C@H](CCCCN)NC(=O)[C@H](CCCCN)CC1=O)C(=O)NC(C)(C)C(=O)N[C@@H](Cc1cnc[nH]1)C(=O)N[C@H](Cc1ccccc1)C(=O)N[C@@H](CC1=CCC=N1)C(=O)C[C@@H](Cc1c[nH]c3ccccc13)C(=O)C2. The van der Waals surface area contributed by atoms with Gasteiger partial charge in [0.2, 0.25) is 47.3 Å². The van der Waals surface area contributed by atoms with Crippen LogP contribution in [0.3, 0.4) is 0 Å². The number of benzene rings is 3. The van der Waals surface area contributed by atoms with Gasteiger partial charge < -0.3 is 74.7 Å². The molecule has 584 valence electrons. The Kier molecular flexibility index (Phi) is 31.6. The maximum absolute atomic E-state index is 15.7. The summed E-state index contributed by atoms with van der Waals surface area (Å²) in [5.41, 5.74) is 20.2. The Morgan fingerprint density at radius 1 is 0.468 bits per heavy atom. The van der Waals surface area contributed by atoms with E-state index in [9.17, 15) is 14.4 Å². The van der Waals surface area contributed by atoms with Crippen LogP contribution in [0.15, 0.2) is 121 Å². The number of aliphatic imine (C=N–C) groups is 1. The number of nitrogens with one attached hydrogen (secondary N) is 11. The van der Waals surface area contributed by atoms with Gasteiger partial charge >= 0.3 is 0 Å². The van der Waals surface area contributed by atoms with E-state index in [1.165, 1.54) is 26.4 Å². The molecule has 0 radical (unpaired) electrons. The topological polar surface area (TPSA) is 452 Å². The van der Waals surface area contributed by atoms with E-state index in [1.54, 1.807) is 55.9 Å². The average Bonchev–Trinajstić information content (AvgIpc) is 1.78. The second kappa shape index (κ2) is 41.3. The molecule has 0 saturated carbocycles. The van der Waals surface area contributed by atoms with E-state index in [-0.39, 0.29) is 88.8 Å². The number of unbranched alkanes of at least 4 members (excludes halogenated alkanes) is 3. The maximum Gasteiger partial charge on any atom is 0.245 e. The molecule has 3 aromatic carbocycles. The van der Waals surface area contributed by atoms with E-state index < -0.39 is 155 Å². The van der Waals surface area contributed by atoms with Gasteiger partial charge in [0.1, 0.15) is 59.1 Å². The van der Waals surface area contributed by atoms with Crippen molar-refractivity contribution in [3.8, 4) is 0 Å². The van der Waals surface area contributed by atoms with Gasteiger partial charge in [0, 0.05) is 151 Å². The van der Waals surface area contributed by atoms with Crippen molar-refractivity contribution in [2.75, 3.05) is 31.1 Å². The summed E-state index contributed by atoms with van der Waals surface area (Å²) in [4.78, 5) is 200. The molecule has 0 aliphatic carbocycles. The van der Waals surface area contributed by atoms with Gasteiger partial charge in [-0.15, -0.1) is 0 Å². The predicted molar refractivity (Wildman–Crippen MR) is 420 cm³/mol. The Balaban J connectivity index is 1.16. The smallest absolute Gasteiger partial charge is 0.245 e. The van der Waals surface area contributed by atoms with Crippen molar-refractivity contribution in [2.45, 2.75) is 191 Å². The number of fused-ring (bicyclic) bond motifs is 7. The van der Waals surface area contributed by atoms with Crippen molar-refractivity contribution < 1.29 is 57.5 Å². The first-order chi connectivity index (χ1) is 52.5. The number of allylic oxidation sites excluding steroid dienone is 1. The number of hydrogen-bond donors (Lipinski definition) is 14. The van der Waals surface area contributed by atoms with E-state index in [1.807, 2.05) is 54.6 Å². The monoisotopic (exact) mass is 1530 g/mol. The van der Waals surface area contributed by atoms with Gasteiger partial charge in [-0.3, -0.25) is 62.5 Å². The molecule has 9 rings (SSSR count). The third-order valence-corrected chi connectivity index (χ3v) is 22.8. The fourth-order valence-corrected chi connectivity index (χ4v) is 16.3. The normalized spacial score (nSPS) is 24.8. The molecule has 11 atom stereocenters. The minimum atomic E-state index is -1.90.